The van der Waals surface area contributed by atoms with E-state index in [1.165, 1.54) is 0 Å². The summed E-state index contributed by atoms with van der Waals surface area (Å²) in [5.74, 6) is 1.93. The van der Waals surface area contributed by atoms with Crippen LogP contribution in [0, 0.1) is 0 Å². The van der Waals surface area contributed by atoms with Crippen LogP contribution in [0.1, 0.15) is 28.4 Å². The van der Waals surface area contributed by atoms with Gasteiger partial charge >= 0.3 is 0 Å². The van der Waals surface area contributed by atoms with Gasteiger partial charge in [-0.2, -0.15) is 0 Å². The second-order valence-electron chi connectivity index (χ2n) is 7.89. The maximum Gasteiger partial charge on any atom is 0.231 e. The van der Waals surface area contributed by atoms with Crippen molar-refractivity contribution in [3.63, 3.8) is 0 Å². The normalized spacial score (nSPS) is 13.9. The van der Waals surface area contributed by atoms with Gasteiger partial charge in [0.15, 0.2) is 5.76 Å². The number of nitrogens with zero attached hydrogens (tertiary/aromatic N) is 1. The Hall–Kier alpha value is -3.41. The summed E-state index contributed by atoms with van der Waals surface area (Å²) in [5.41, 5.74) is 3.35. The largest absolute Gasteiger partial charge is 0.497 e. The van der Waals surface area contributed by atoms with E-state index in [0.717, 1.165) is 34.3 Å². The number of fused-ring (bicyclic) bond motifs is 2. The van der Waals surface area contributed by atoms with Gasteiger partial charge in [0.2, 0.25) is 5.78 Å². The summed E-state index contributed by atoms with van der Waals surface area (Å²) in [6.07, 6.45) is 3.80. The molecule has 1 aromatic heterocycles. The number of ketones is 1. The van der Waals surface area contributed by atoms with Crippen molar-refractivity contribution in [2.45, 2.75) is 20.1 Å². The van der Waals surface area contributed by atoms with Crippen LogP contribution in [-0.2, 0) is 13.2 Å². The van der Waals surface area contributed by atoms with E-state index >= 15 is 0 Å². The maximum atomic E-state index is 13.0. The summed E-state index contributed by atoms with van der Waals surface area (Å²) in [6, 6.07) is 16.5. The molecule has 0 spiro atoms. The van der Waals surface area contributed by atoms with Crippen LogP contribution in [0.2, 0.25) is 10.0 Å². The average molecular weight is 494 g/mol. The lowest BCUT2D eigenvalue weighted by Crippen LogP contribution is -1.98. The van der Waals surface area contributed by atoms with Crippen LogP contribution in [0.15, 0.2) is 66.6 Å². The minimum absolute atomic E-state index is 0.161. The molecule has 0 unspecified atom stereocenters. The van der Waals surface area contributed by atoms with Crippen LogP contribution >= 0.6 is 23.2 Å². The molecular formula is C27H21Cl2NO4. The lowest BCUT2D eigenvalue weighted by molar-refractivity contribution is 0.101. The number of allylic oxidation sites excluding steroid dienone is 1. The zero-order valence-corrected chi connectivity index (χ0v) is 20.1. The number of methoxy groups -OCH3 is 1. The molecule has 0 radical (unpaired) electrons. The summed E-state index contributed by atoms with van der Waals surface area (Å²) in [6.45, 7) is 3.19. The molecule has 1 aliphatic heterocycles. The Morgan fingerprint density at radius 1 is 1.00 bits per heavy atom. The Labute approximate surface area is 207 Å². The number of hydrogen-bond donors (Lipinski definition) is 0. The maximum absolute atomic E-state index is 13.0. The molecule has 2 heterocycles. The fourth-order valence-corrected chi connectivity index (χ4v) is 4.32. The highest BCUT2D eigenvalue weighted by molar-refractivity contribution is 6.42. The fraction of sp³-hybridized carbons (Fsp3) is 0.148. The molecule has 0 atom stereocenters. The summed E-state index contributed by atoms with van der Waals surface area (Å²) >= 11 is 12.0. The summed E-state index contributed by atoms with van der Waals surface area (Å²) < 4.78 is 19.3. The first-order valence-electron chi connectivity index (χ1n) is 10.8. The number of carbonyl (C=O) groups excluding carboxylic acids is 1. The topological polar surface area (TPSA) is 49.7 Å². The van der Waals surface area contributed by atoms with E-state index < -0.39 is 0 Å². The molecule has 0 bridgehead atoms. The van der Waals surface area contributed by atoms with E-state index in [1.807, 2.05) is 30.5 Å². The second kappa shape index (κ2) is 9.09. The monoisotopic (exact) mass is 493 g/mol. The number of hydrogen-bond acceptors (Lipinski definition) is 4. The minimum atomic E-state index is -0.161. The van der Waals surface area contributed by atoms with E-state index in [-0.39, 0.29) is 11.5 Å². The van der Waals surface area contributed by atoms with Crippen LogP contribution in [0.4, 0.5) is 0 Å². The van der Waals surface area contributed by atoms with E-state index in [1.54, 1.807) is 43.5 Å². The molecule has 3 aromatic carbocycles. The molecule has 0 saturated carbocycles. The Kier molecular flexibility index (Phi) is 5.98. The minimum Gasteiger partial charge on any atom is -0.497 e. The van der Waals surface area contributed by atoms with Crippen molar-refractivity contribution in [2.75, 3.05) is 7.11 Å². The summed E-state index contributed by atoms with van der Waals surface area (Å²) in [7, 11) is 1.64. The van der Waals surface area contributed by atoms with E-state index in [0.29, 0.717) is 33.7 Å². The third-order valence-corrected chi connectivity index (χ3v) is 6.52. The standard InChI is InChI=1S/C27H21Cl2NO4/c1-3-30-14-17(21-12-18(32-2)6-9-24(21)30)11-26-27(31)20-7-5-19(13-25(20)34-26)33-15-16-4-8-22(28)23(29)10-16/h4-14H,3,15H2,1-2H3/b26-11+. The van der Waals surface area contributed by atoms with Gasteiger partial charge < -0.3 is 18.8 Å². The Balaban J connectivity index is 1.40. The molecule has 0 aliphatic carbocycles. The molecule has 0 fully saturated rings. The first-order chi connectivity index (χ1) is 16.5. The van der Waals surface area contributed by atoms with Crippen LogP contribution in [0.5, 0.6) is 17.2 Å². The molecule has 7 heteroatoms. The third-order valence-electron chi connectivity index (χ3n) is 5.78. The molecule has 0 amide bonds. The van der Waals surface area contributed by atoms with Crippen LogP contribution in [0.25, 0.3) is 17.0 Å². The summed E-state index contributed by atoms with van der Waals surface area (Å²) in [5, 5.41) is 1.96. The third kappa shape index (κ3) is 4.13. The predicted molar refractivity (Wildman–Crippen MR) is 134 cm³/mol. The van der Waals surface area contributed by atoms with Crippen molar-refractivity contribution < 1.29 is 19.0 Å². The molecule has 5 rings (SSSR count). The Morgan fingerprint density at radius 3 is 2.59 bits per heavy atom. The highest BCUT2D eigenvalue weighted by Gasteiger charge is 2.28. The summed E-state index contributed by atoms with van der Waals surface area (Å²) in [4.78, 5) is 13.0. The highest BCUT2D eigenvalue weighted by Crippen LogP contribution is 2.36. The lowest BCUT2D eigenvalue weighted by atomic mass is 10.1. The van der Waals surface area contributed by atoms with Crippen LogP contribution < -0.4 is 14.2 Å². The smallest absolute Gasteiger partial charge is 0.231 e. The van der Waals surface area contributed by atoms with Gasteiger partial charge in [0.1, 0.15) is 23.9 Å². The van der Waals surface area contributed by atoms with E-state index in [9.17, 15) is 4.79 Å². The number of aryl methyl sites for hydroxylation is 1. The highest BCUT2D eigenvalue weighted by atomic mass is 35.5. The SMILES string of the molecule is CCn1cc(/C=C2/Oc3cc(OCc4ccc(Cl)c(Cl)c4)ccc3C2=O)c2cc(OC)ccc21. The van der Waals surface area contributed by atoms with Gasteiger partial charge in [-0.25, -0.2) is 0 Å². The number of Topliss-reactive ketones (excluding diaryl/α,β-unsaturated/α-hetero) is 1. The number of aromatic nitrogens is 1. The Morgan fingerprint density at radius 2 is 1.82 bits per heavy atom. The zero-order valence-electron chi connectivity index (χ0n) is 18.6. The van der Waals surface area contributed by atoms with Crippen molar-refractivity contribution in [1.29, 1.82) is 0 Å². The van der Waals surface area contributed by atoms with Gasteiger partial charge in [0.05, 0.1) is 22.7 Å². The van der Waals surface area contributed by atoms with Crippen LogP contribution in [0.3, 0.4) is 0 Å². The van der Waals surface area contributed by atoms with Gasteiger partial charge in [-0.15, -0.1) is 0 Å². The zero-order chi connectivity index (χ0) is 23.8. The number of carbonyl (C=O) groups is 1. The van der Waals surface area contributed by atoms with Gasteiger partial charge in [-0.1, -0.05) is 29.3 Å². The number of rotatable bonds is 6. The quantitative estimate of drug-likeness (QED) is 0.267. The second-order valence-corrected chi connectivity index (χ2v) is 8.70. The van der Waals surface area contributed by atoms with Crippen molar-refractivity contribution in [2.24, 2.45) is 0 Å². The molecule has 4 aromatic rings. The number of benzene rings is 3. The predicted octanol–water partition coefficient (Wildman–Crippen LogP) is 7.17. The van der Waals surface area contributed by atoms with E-state index in [4.69, 9.17) is 37.4 Å². The number of ether oxygens (including phenoxy) is 3. The Bertz CT molecular complexity index is 1450. The molecule has 0 saturated heterocycles. The van der Waals surface area contributed by atoms with Gasteiger partial charge in [0.25, 0.3) is 0 Å². The molecule has 172 valence electrons. The van der Waals surface area contributed by atoms with Crippen molar-refractivity contribution in [3.05, 3.63) is 93.3 Å². The van der Waals surface area contributed by atoms with E-state index in [2.05, 4.69) is 11.5 Å². The van der Waals surface area contributed by atoms with Crippen LogP contribution in [-0.4, -0.2) is 17.5 Å². The number of halogens is 2. The van der Waals surface area contributed by atoms with Crippen molar-refractivity contribution in [1.82, 2.24) is 4.57 Å². The molecule has 0 N–H and O–H groups in total. The van der Waals surface area contributed by atoms with Gasteiger partial charge in [-0.05, 0) is 61.0 Å². The van der Waals surface area contributed by atoms with Crippen molar-refractivity contribution in [3.8, 4) is 17.2 Å². The van der Waals surface area contributed by atoms with Gasteiger partial charge in [0, 0.05) is 35.3 Å². The fourth-order valence-electron chi connectivity index (χ4n) is 4.00. The van der Waals surface area contributed by atoms with Gasteiger partial charge in [-0.3, -0.25) is 4.79 Å². The molecule has 34 heavy (non-hydrogen) atoms. The molecule has 1 aliphatic rings. The first kappa shape index (κ1) is 22.4. The lowest BCUT2D eigenvalue weighted by Gasteiger charge is -2.08. The molecular weight excluding hydrogens is 473 g/mol. The van der Waals surface area contributed by atoms with Crippen molar-refractivity contribution >= 4 is 46.0 Å². The first-order valence-corrected chi connectivity index (χ1v) is 11.5. The molecule has 5 nitrogen and oxygen atoms in total. The average Bonchev–Trinajstić information content (AvgIpc) is 3.36.